The van der Waals surface area contributed by atoms with E-state index in [1.54, 1.807) is 36.5 Å². The topological polar surface area (TPSA) is 75.8 Å². The van der Waals surface area contributed by atoms with Gasteiger partial charge in [0, 0.05) is 11.8 Å². The molecule has 0 aliphatic heterocycles. The molecule has 2 heterocycles. The van der Waals surface area contributed by atoms with Crippen LogP contribution in [-0.2, 0) is 6.42 Å². The summed E-state index contributed by atoms with van der Waals surface area (Å²) in [4.78, 5) is 31.1. The summed E-state index contributed by atoms with van der Waals surface area (Å²) in [7, 11) is 0. The highest BCUT2D eigenvalue weighted by molar-refractivity contribution is 7.07. The molecule has 4 aromatic rings. The van der Waals surface area contributed by atoms with E-state index >= 15 is 0 Å². The number of hydrogen-bond donors (Lipinski definition) is 0. The second-order valence-electron chi connectivity index (χ2n) is 7.91. The SMILES string of the molecule is CCCc1ccc(C(=O)/C(C#N)=c2\s/c(=C/c3ccccn3)c(=O)n2-c2ccc(C)cc2)cc1. The van der Waals surface area contributed by atoms with E-state index in [1.807, 2.05) is 49.4 Å². The van der Waals surface area contributed by atoms with E-state index in [4.69, 9.17) is 0 Å². The maximum absolute atomic E-state index is 13.5. The van der Waals surface area contributed by atoms with Gasteiger partial charge in [-0.15, -0.1) is 11.3 Å². The zero-order valence-corrected chi connectivity index (χ0v) is 19.8. The van der Waals surface area contributed by atoms with Gasteiger partial charge in [0.05, 0.1) is 15.9 Å². The van der Waals surface area contributed by atoms with E-state index < -0.39 is 5.78 Å². The zero-order valence-electron chi connectivity index (χ0n) is 19.0. The molecule has 2 aromatic heterocycles. The molecule has 34 heavy (non-hydrogen) atoms. The molecule has 0 atom stereocenters. The first kappa shape index (κ1) is 23.1. The van der Waals surface area contributed by atoms with Crippen molar-refractivity contribution < 1.29 is 4.79 Å². The largest absolute Gasteiger partial charge is 0.288 e. The second kappa shape index (κ2) is 10.2. The fourth-order valence-corrected chi connectivity index (χ4v) is 4.71. The summed E-state index contributed by atoms with van der Waals surface area (Å²) in [6.07, 6.45) is 5.27. The van der Waals surface area contributed by atoms with E-state index in [0.29, 0.717) is 26.1 Å². The third-order valence-electron chi connectivity index (χ3n) is 5.39. The number of thiazole rings is 1. The highest BCUT2D eigenvalue weighted by Crippen LogP contribution is 2.13. The van der Waals surface area contributed by atoms with Crippen molar-refractivity contribution in [2.45, 2.75) is 26.7 Å². The van der Waals surface area contributed by atoms with Gasteiger partial charge in [-0.3, -0.25) is 19.1 Å². The molecule has 0 N–H and O–H groups in total. The number of rotatable bonds is 6. The summed E-state index contributed by atoms with van der Waals surface area (Å²) in [5, 5.41) is 10.0. The second-order valence-corrected chi connectivity index (χ2v) is 8.94. The number of aryl methyl sites for hydroxylation is 2. The van der Waals surface area contributed by atoms with Crippen LogP contribution in [0.3, 0.4) is 0 Å². The van der Waals surface area contributed by atoms with Crippen LogP contribution in [-0.4, -0.2) is 15.3 Å². The van der Waals surface area contributed by atoms with Crippen LogP contribution < -0.4 is 14.8 Å². The summed E-state index contributed by atoms with van der Waals surface area (Å²) < 4.78 is 2.15. The number of hydrogen-bond acceptors (Lipinski definition) is 5. The Bertz CT molecular complexity index is 1540. The summed E-state index contributed by atoms with van der Waals surface area (Å²) in [6.45, 7) is 4.06. The Morgan fingerprint density at radius 3 is 2.44 bits per heavy atom. The maximum atomic E-state index is 13.5. The van der Waals surface area contributed by atoms with Crippen LogP contribution in [0.25, 0.3) is 17.3 Å². The molecule has 168 valence electrons. The molecule has 0 radical (unpaired) electrons. The Labute approximate surface area is 201 Å². The van der Waals surface area contributed by atoms with E-state index in [1.165, 1.54) is 4.57 Å². The third kappa shape index (κ3) is 4.80. The van der Waals surface area contributed by atoms with Crippen molar-refractivity contribution >= 4 is 28.8 Å². The highest BCUT2D eigenvalue weighted by atomic mass is 32.1. The number of benzene rings is 2. The van der Waals surface area contributed by atoms with E-state index in [9.17, 15) is 14.9 Å². The minimum Gasteiger partial charge on any atom is -0.288 e. The predicted octanol–water partition coefficient (Wildman–Crippen LogP) is 3.94. The number of ketones is 1. The molecule has 0 aliphatic rings. The van der Waals surface area contributed by atoms with Crippen LogP contribution in [0.4, 0.5) is 0 Å². The van der Waals surface area contributed by atoms with Gasteiger partial charge in [-0.2, -0.15) is 5.26 Å². The lowest BCUT2D eigenvalue weighted by Crippen LogP contribution is -2.31. The Morgan fingerprint density at radius 2 is 1.82 bits per heavy atom. The average Bonchev–Trinajstić information content (AvgIpc) is 3.17. The van der Waals surface area contributed by atoms with Gasteiger partial charge in [0.2, 0.25) is 5.78 Å². The Kier molecular flexibility index (Phi) is 6.95. The van der Waals surface area contributed by atoms with Crippen LogP contribution in [0.5, 0.6) is 0 Å². The van der Waals surface area contributed by atoms with Gasteiger partial charge in [0.1, 0.15) is 16.3 Å². The number of aromatic nitrogens is 2. The van der Waals surface area contributed by atoms with Gasteiger partial charge >= 0.3 is 0 Å². The number of nitriles is 1. The first-order valence-electron chi connectivity index (χ1n) is 11.0. The first-order chi connectivity index (χ1) is 16.5. The quantitative estimate of drug-likeness (QED) is 0.404. The summed E-state index contributed by atoms with van der Waals surface area (Å²) in [6, 6.07) is 22.2. The molecule has 0 saturated carbocycles. The molecule has 0 unspecified atom stereocenters. The average molecular weight is 466 g/mol. The van der Waals surface area contributed by atoms with E-state index in [2.05, 4.69) is 18.0 Å². The molecule has 0 spiro atoms. The first-order valence-corrected chi connectivity index (χ1v) is 11.8. The van der Waals surface area contributed by atoms with Gasteiger partial charge in [0.25, 0.3) is 5.56 Å². The van der Waals surface area contributed by atoms with Crippen molar-refractivity contribution in [2.24, 2.45) is 0 Å². The van der Waals surface area contributed by atoms with Crippen LogP contribution in [0, 0.1) is 18.3 Å². The zero-order chi connectivity index (χ0) is 24.1. The highest BCUT2D eigenvalue weighted by Gasteiger charge is 2.18. The molecular formula is C28H23N3O2S. The minimum absolute atomic E-state index is 0.0633. The monoisotopic (exact) mass is 465 g/mol. The lowest BCUT2D eigenvalue weighted by Gasteiger charge is -2.05. The summed E-state index contributed by atoms with van der Waals surface area (Å²) >= 11 is 1.12. The van der Waals surface area contributed by atoms with Crippen molar-refractivity contribution in [3.8, 4) is 11.8 Å². The van der Waals surface area contributed by atoms with Crippen molar-refractivity contribution in [1.82, 2.24) is 9.55 Å². The lowest BCUT2D eigenvalue weighted by atomic mass is 10.0. The predicted molar refractivity (Wildman–Crippen MR) is 135 cm³/mol. The minimum atomic E-state index is -0.406. The number of carbonyl (C=O) groups is 1. The molecule has 0 aliphatic carbocycles. The van der Waals surface area contributed by atoms with Gasteiger partial charge in [-0.05, 0) is 49.2 Å². The van der Waals surface area contributed by atoms with E-state index in [-0.39, 0.29) is 11.1 Å². The fraction of sp³-hybridized carbons (Fsp3) is 0.143. The molecular weight excluding hydrogens is 442 g/mol. The van der Waals surface area contributed by atoms with Crippen LogP contribution in [0.2, 0.25) is 0 Å². The number of carbonyl (C=O) groups excluding carboxylic acids is 1. The molecule has 4 rings (SSSR count). The number of pyridine rings is 1. The van der Waals surface area contributed by atoms with Gasteiger partial charge in [0.15, 0.2) is 0 Å². The fourth-order valence-electron chi connectivity index (χ4n) is 3.63. The number of nitrogens with zero attached hydrogens (tertiary/aromatic N) is 3. The standard InChI is InChI=1S/C28H23N3O2S/c1-3-6-20-10-12-21(13-11-20)26(32)24(18-29)28-31(23-14-8-19(2)9-15-23)27(33)25(34-28)17-22-7-4-5-16-30-22/h4-5,7-17H,3,6H2,1-2H3/b25-17+,28-24-. The molecule has 0 bridgehead atoms. The van der Waals surface area contributed by atoms with Crippen LogP contribution in [0.1, 0.15) is 40.5 Å². The maximum Gasteiger partial charge on any atom is 0.273 e. The Morgan fingerprint density at radius 1 is 1.09 bits per heavy atom. The summed E-state index contributed by atoms with van der Waals surface area (Å²) in [5.41, 5.74) is 3.46. The Hall–Kier alpha value is -4.08. The lowest BCUT2D eigenvalue weighted by molar-refractivity contribution is 0.105. The van der Waals surface area contributed by atoms with Crippen LogP contribution >= 0.6 is 11.3 Å². The van der Waals surface area contributed by atoms with Gasteiger partial charge in [-0.1, -0.05) is 61.4 Å². The molecule has 0 fully saturated rings. The van der Waals surface area contributed by atoms with Gasteiger partial charge < -0.3 is 0 Å². The van der Waals surface area contributed by atoms with Crippen molar-refractivity contribution in [3.63, 3.8) is 0 Å². The van der Waals surface area contributed by atoms with E-state index in [0.717, 1.165) is 35.3 Å². The number of Topliss-reactive ketones (excluding diaryl/α,β-unsaturated/α-hetero) is 1. The molecule has 0 saturated heterocycles. The molecule has 2 aromatic carbocycles. The van der Waals surface area contributed by atoms with Crippen molar-refractivity contribution in [2.75, 3.05) is 0 Å². The van der Waals surface area contributed by atoms with Crippen molar-refractivity contribution in [1.29, 1.82) is 5.26 Å². The summed E-state index contributed by atoms with van der Waals surface area (Å²) in [5.74, 6) is -0.406. The molecule has 6 heteroatoms. The van der Waals surface area contributed by atoms with Crippen molar-refractivity contribution in [3.05, 3.63) is 115 Å². The normalized spacial score (nSPS) is 12.3. The third-order valence-corrected chi connectivity index (χ3v) is 6.48. The Balaban J connectivity index is 1.97. The molecule has 0 amide bonds. The van der Waals surface area contributed by atoms with Crippen LogP contribution in [0.15, 0.2) is 77.7 Å². The van der Waals surface area contributed by atoms with Gasteiger partial charge in [-0.25, -0.2) is 0 Å². The molecule has 5 nitrogen and oxygen atoms in total. The smallest absolute Gasteiger partial charge is 0.273 e.